The molecule has 0 saturated carbocycles. The molecule has 0 aromatic heterocycles. The lowest BCUT2D eigenvalue weighted by molar-refractivity contribution is -0.141. The van der Waals surface area contributed by atoms with Gasteiger partial charge in [0.05, 0.1) is 19.1 Å². The van der Waals surface area contributed by atoms with Crippen LogP contribution < -0.4 is 14.4 Å². The van der Waals surface area contributed by atoms with E-state index in [1.807, 2.05) is 68.4 Å². The van der Waals surface area contributed by atoms with Gasteiger partial charge in [0.1, 0.15) is 11.8 Å². The van der Waals surface area contributed by atoms with Gasteiger partial charge in [0, 0.05) is 36.4 Å². The normalized spacial score (nSPS) is 12.0. The summed E-state index contributed by atoms with van der Waals surface area (Å²) in [7, 11) is -2.05. The molecular formula is C31H38BrN3O5S. The third-order valence-electron chi connectivity index (χ3n) is 6.46. The molecule has 8 nitrogen and oxygen atoms in total. The molecule has 0 heterocycles. The Labute approximate surface area is 251 Å². The molecule has 0 aliphatic carbocycles. The van der Waals surface area contributed by atoms with E-state index in [0.29, 0.717) is 17.9 Å². The summed E-state index contributed by atoms with van der Waals surface area (Å²) in [4.78, 5) is 29.0. The molecule has 2 amide bonds. The third-order valence-corrected chi connectivity index (χ3v) is 8.14. The van der Waals surface area contributed by atoms with Gasteiger partial charge in [-0.1, -0.05) is 58.4 Å². The van der Waals surface area contributed by atoms with Gasteiger partial charge in [-0.25, -0.2) is 8.42 Å². The van der Waals surface area contributed by atoms with Crippen LogP contribution in [0.3, 0.4) is 0 Å². The van der Waals surface area contributed by atoms with E-state index in [1.54, 1.807) is 36.3 Å². The summed E-state index contributed by atoms with van der Waals surface area (Å²) >= 11 is 3.50. The van der Waals surface area contributed by atoms with Crippen LogP contribution in [-0.4, -0.2) is 57.1 Å². The summed E-state index contributed by atoms with van der Waals surface area (Å²) < 4.78 is 32.6. The number of nitrogens with one attached hydrogen (secondary N) is 1. The number of methoxy groups -OCH3 is 1. The van der Waals surface area contributed by atoms with Crippen LogP contribution in [0.2, 0.25) is 0 Å². The summed E-state index contributed by atoms with van der Waals surface area (Å²) in [6.07, 6.45) is 1.83. The maximum atomic E-state index is 13.9. The second-order valence-electron chi connectivity index (χ2n) is 10.2. The van der Waals surface area contributed by atoms with Crippen LogP contribution in [0.4, 0.5) is 5.69 Å². The molecule has 0 spiro atoms. The number of ether oxygens (including phenoxy) is 1. The number of anilines is 1. The SMILES string of the molecule is COc1ccc(N(CCCC(=O)N(Cc2cccc(Br)c2)C(Cc2ccccc2)C(=O)NC(C)C)S(C)(=O)=O)cc1. The average molecular weight is 645 g/mol. The Morgan fingerprint density at radius 1 is 0.951 bits per heavy atom. The lowest BCUT2D eigenvalue weighted by atomic mass is 10.0. The van der Waals surface area contributed by atoms with Crippen molar-refractivity contribution in [3.63, 3.8) is 0 Å². The minimum atomic E-state index is -3.59. The molecule has 0 fully saturated rings. The fourth-order valence-electron chi connectivity index (χ4n) is 4.52. The highest BCUT2D eigenvalue weighted by atomic mass is 79.9. The summed E-state index contributed by atoms with van der Waals surface area (Å²) in [6.45, 7) is 4.12. The molecule has 1 atom stereocenters. The van der Waals surface area contributed by atoms with Gasteiger partial charge < -0.3 is 15.0 Å². The van der Waals surface area contributed by atoms with Gasteiger partial charge in [-0.15, -0.1) is 0 Å². The molecule has 0 bridgehead atoms. The maximum Gasteiger partial charge on any atom is 0.243 e. The first-order chi connectivity index (χ1) is 19.5. The molecule has 3 aromatic carbocycles. The summed E-state index contributed by atoms with van der Waals surface area (Å²) in [6, 6.07) is 23.1. The van der Waals surface area contributed by atoms with Crippen molar-refractivity contribution in [2.24, 2.45) is 0 Å². The number of hydrogen-bond donors (Lipinski definition) is 1. The Morgan fingerprint density at radius 2 is 1.61 bits per heavy atom. The number of nitrogens with zero attached hydrogens (tertiary/aromatic N) is 2. The van der Waals surface area contributed by atoms with Crippen molar-refractivity contribution < 1.29 is 22.7 Å². The molecule has 0 radical (unpaired) electrons. The smallest absolute Gasteiger partial charge is 0.243 e. The van der Waals surface area contributed by atoms with Gasteiger partial charge in [-0.2, -0.15) is 0 Å². The molecule has 0 aliphatic rings. The zero-order chi connectivity index (χ0) is 30.0. The van der Waals surface area contributed by atoms with Crippen molar-refractivity contribution >= 4 is 43.5 Å². The first-order valence-corrected chi connectivity index (χ1v) is 16.1. The van der Waals surface area contributed by atoms with Crippen LogP contribution in [-0.2, 0) is 32.6 Å². The average Bonchev–Trinajstić information content (AvgIpc) is 2.92. The number of sulfonamides is 1. The number of hydrogen-bond acceptors (Lipinski definition) is 5. The predicted octanol–water partition coefficient (Wildman–Crippen LogP) is 5.17. The zero-order valence-corrected chi connectivity index (χ0v) is 26.3. The largest absolute Gasteiger partial charge is 0.497 e. The summed E-state index contributed by atoms with van der Waals surface area (Å²) in [5.41, 5.74) is 2.30. The van der Waals surface area contributed by atoms with E-state index in [4.69, 9.17) is 4.74 Å². The quantitative estimate of drug-likeness (QED) is 0.262. The van der Waals surface area contributed by atoms with Crippen molar-refractivity contribution in [1.82, 2.24) is 10.2 Å². The Hall–Kier alpha value is -3.37. The Balaban J connectivity index is 1.87. The van der Waals surface area contributed by atoms with Gasteiger partial charge in [-0.05, 0) is 67.8 Å². The van der Waals surface area contributed by atoms with Gasteiger partial charge in [0.15, 0.2) is 0 Å². The standard InChI is InChI=1S/C31H38BrN3O5S/c1-23(2)33-31(37)29(21-24-10-6-5-7-11-24)34(22-25-12-8-13-26(32)20-25)30(36)14-9-19-35(41(4,38)39)27-15-17-28(40-3)18-16-27/h5-8,10-13,15-18,20,23,29H,9,14,19,21-22H2,1-4H3,(H,33,37). The van der Waals surface area contributed by atoms with Gasteiger partial charge in [-0.3, -0.25) is 13.9 Å². The summed E-state index contributed by atoms with van der Waals surface area (Å²) in [5, 5.41) is 2.98. The fraction of sp³-hybridized carbons (Fsp3) is 0.355. The summed E-state index contributed by atoms with van der Waals surface area (Å²) in [5.74, 6) is 0.154. The molecule has 10 heteroatoms. The van der Waals surface area contributed by atoms with E-state index < -0.39 is 16.1 Å². The molecule has 220 valence electrons. The van der Waals surface area contributed by atoms with Crippen LogP contribution in [0, 0.1) is 0 Å². The van der Waals surface area contributed by atoms with E-state index in [9.17, 15) is 18.0 Å². The van der Waals surface area contributed by atoms with E-state index in [-0.39, 0.29) is 43.8 Å². The van der Waals surface area contributed by atoms with E-state index in [2.05, 4.69) is 21.2 Å². The number of amides is 2. The first-order valence-electron chi connectivity index (χ1n) is 13.5. The van der Waals surface area contributed by atoms with Crippen molar-refractivity contribution in [2.75, 3.05) is 24.2 Å². The fourth-order valence-corrected chi connectivity index (χ4v) is 5.93. The Kier molecular flexibility index (Phi) is 11.8. The molecule has 0 saturated heterocycles. The highest BCUT2D eigenvalue weighted by molar-refractivity contribution is 9.10. The third kappa shape index (κ3) is 9.89. The highest BCUT2D eigenvalue weighted by Crippen LogP contribution is 2.23. The zero-order valence-electron chi connectivity index (χ0n) is 23.9. The van der Waals surface area contributed by atoms with Crippen LogP contribution in [0.25, 0.3) is 0 Å². The number of benzene rings is 3. The monoisotopic (exact) mass is 643 g/mol. The van der Waals surface area contributed by atoms with Crippen LogP contribution in [0.1, 0.15) is 37.8 Å². The number of rotatable bonds is 14. The second kappa shape index (κ2) is 15.0. The number of carbonyl (C=O) groups is 2. The predicted molar refractivity (Wildman–Crippen MR) is 166 cm³/mol. The Bertz CT molecular complexity index is 1400. The molecular weight excluding hydrogens is 606 g/mol. The molecule has 3 rings (SSSR count). The minimum Gasteiger partial charge on any atom is -0.497 e. The molecule has 3 aromatic rings. The minimum absolute atomic E-state index is 0.0659. The number of halogens is 1. The molecule has 1 N–H and O–H groups in total. The van der Waals surface area contributed by atoms with Crippen molar-refractivity contribution in [1.29, 1.82) is 0 Å². The van der Waals surface area contributed by atoms with E-state index >= 15 is 0 Å². The van der Waals surface area contributed by atoms with Gasteiger partial charge in [0.25, 0.3) is 0 Å². The van der Waals surface area contributed by atoms with E-state index in [1.165, 1.54) is 4.31 Å². The van der Waals surface area contributed by atoms with Crippen LogP contribution in [0.15, 0.2) is 83.3 Å². The number of carbonyl (C=O) groups excluding carboxylic acids is 2. The van der Waals surface area contributed by atoms with Crippen molar-refractivity contribution in [2.45, 2.75) is 51.7 Å². The van der Waals surface area contributed by atoms with Crippen molar-refractivity contribution in [3.05, 3.63) is 94.5 Å². The van der Waals surface area contributed by atoms with Gasteiger partial charge >= 0.3 is 0 Å². The Morgan fingerprint density at radius 3 is 2.20 bits per heavy atom. The van der Waals surface area contributed by atoms with Crippen LogP contribution in [0.5, 0.6) is 5.75 Å². The van der Waals surface area contributed by atoms with E-state index in [0.717, 1.165) is 21.9 Å². The van der Waals surface area contributed by atoms with Crippen molar-refractivity contribution in [3.8, 4) is 5.75 Å². The van der Waals surface area contributed by atoms with Gasteiger partial charge in [0.2, 0.25) is 21.8 Å². The molecule has 41 heavy (non-hydrogen) atoms. The first kappa shape index (κ1) is 32.1. The lowest BCUT2D eigenvalue weighted by Crippen LogP contribution is -2.51. The van der Waals surface area contributed by atoms with Crippen LogP contribution >= 0.6 is 15.9 Å². The maximum absolute atomic E-state index is 13.9. The molecule has 0 aliphatic heterocycles. The highest BCUT2D eigenvalue weighted by Gasteiger charge is 2.31. The lowest BCUT2D eigenvalue weighted by Gasteiger charge is -2.32. The topological polar surface area (TPSA) is 96.0 Å². The molecule has 1 unspecified atom stereocenters. The second-order valence-corrected chi connectivity index (χ2v) is 13.0.